The fourth-order valence-corrected chi connectivity index (χ4v) is 3.98. The predicted octanol–water partition coefficient (Wildman–Crippen LogP) is 1.59. The van der Waals surface area contributed by atoms with Crippen LogP contribution in [0.4, 0.5) is 11.4 Å². The van der Waals surface area contributed by atoms with Gasteiger partial charge in [-0.1, -0.05) is 12.2 Å². The number of carbonyl (C=O) groups is 2. The van der Waals surface area contributed by atoms with Gasteiger partial charge in [-0.05, 0) is 30.4 Å². The first-order chi connectivity index (χ1) is 10.1. The van der Waals surface area contributed by atoms with Gasteiger partial charge in [0.25, 0.3) is 0 Å². The number of fused-ring (bicyclic) bond motifs is 5. The van der Waals surface area contributed by atoms with Crippen molar-refractivity contribution >= 4 is 23.2 Å². The maximum absolute atomic E-state index is 12.7. The lowest BCUT2D eigenvalue weighted by atomic mass is 9.85. The maximum atomic E-state index is 12.7. The molecule has 1 aliphatic heterocycles. The predicted molar refractivity (Wildman–Crippen MR) is 77.6 cm³/mol. The van der Waals surface area contributed by atoms with Crippen molar-refractivity contribution in [1.29, 1.82) is 0 Å². The molecule has 1 aromatic carbocycles. The van der Waals surface area contributed by atoms with Crippen molar-refractivity contribution in [1.82, 2.24) is 0 Å². The molecule has 1 aromatic rings. The Labute approximate surface area is 122 Å². The third-order valence-electron chi connectivity index (χ3n) is 4.95. The largest absolute Gasteiger partial charge is 0.497 e. The van der Waals surface area contributed by atoms with E-state index in [1.54, 1.807) is 25.3 Å². The molecule has 1 saturated carbocycles. The number of nitrogens with zero attached hydrogens (tertiary/aromatic N) is 1. The third kappa shape index (κ3) is 1.51. The van der Waals surface area contributed by atoms with Gasteiger partial charge in [0, 0.05) is 6.07 Å². The molecule has 4 unspecified atom stereocenters. The van der Waals surface area contributed by atoms with E-state index in [0.717, 1.165) is 6.42 Å². The van der Waals surface area contributed by atoms with Gasteiger partial charge in [0.2, 0.25) is 11.8 Å². The maximum Gasteiger partial charge on any atom is 0.238 e. The molecule has 2 fully saturated rings. The highest BCUT2D eigenvalue weighted by Crippen LogP contribution is 2.53. The van der Waals surface area contributed by atoms with E-state index >= 15 is 0 Å². The average Bonchev–Trinajstić information content (AvgIpc) is 3.15. The number of amides is 2. The highest BCUT2D eigenvalue weighted by molar-refractivity contribution is 6.24. The highest BCUT2D eigenvalue weighted by Gasteiger charge is 2.59. The van der Waals surface area contributed by atoms with E-state index in [0.29, 0.717) is 17.1 Å². The standard InChI is InChI=1S/C16H16N2O3/c1-21-10-4-5-11(17)12(7-10)18-15(19)13-8-2-3-9(6-8)14(13)16(18)20/h2-5,7-9,13-14H,6,17H2,1H3. The highest BCUT2D eigenvalue weighted by atomic mass is 16.5. The first kappa shape index (κ1) is 12.4. The fourth-order valence-electron chi connectivity index (χ4n) is 3.98. The summed E-state index contributed by atoms with van der Waals surface area (Å²) in [7, 11) is 1.54. The number of ether oxygens (including phenoxy) is 1. The first-order valence-electron chi connectivity index (χ1n) is 7.11. The molecule has 0 radical (unpaired) electrons. The minimum absolute atomic E-state index is 0.123. The second-order valence-corrected chi connectivity index (χ2v) is 5.94. The molecular weight excluding hydrogens is 268 g/mol. The summed E-state index contributed by atoms with van der Waals surface area (Å²) >= 11 is 0. The molecule has 2 amide bonds. The molecule has 4 atom stereocenters. The molecule has 3 aliphatic rings. The zero-order valence-corrected chi connectivity index (χ0v) is 11.7. The lowest BCUT2D eigenvalue weighted by molar-refractivity contribution is -0.123. The average molecular weight is 284 g/mol. The Morgan fingerprint density at radius 3 is 2.33 bits per heavy atom. The summed E-state index contributed by atoms with van der Waals surface area (Å²) in [5, 5.41) is 0. The molecule has 0 spiro atoms. The summed E-state index contributed by atoms with van der Waals surface area (Å²) in [5.74, 6) is 0.319. The van der Waals surface area contributed by atoms with Gasteiger partial charge >= 0.3 is 0 Å². The smallest absolute Gasteiger partial charge is 0.238 e. The van der Waals surface area contributed by atoms with Gasteiger partial charge in [0.05, 0.1) is 30.3 Å². The Hall–Kier alpha value is -2.30. The van der Waals surface area contributed by atoms with Crippen LogP contribution in [0.1, 0.15) is 6.42 Å². The third-order valence-corrected chi connectivity index (χ3v) is 4.95. The zero-order valence-electron chi connectivity index (χ0n) is 11.7. The lowest BCUT2D eigenvalue weighted by Crippen LogP contribution is -2.33. The van der Waals surface area contributed by atoms with E-state index in [-0.39, 0.29) is 35.5 Å². The normalized spacial score (nSPS) is 32.9. The Morgan fingerprint density at radius 1 is 1.14 bits per heavy atom. The van der Waals surface area contributed by atoms with Gasteiger partial charge in [-0.25, -0.2) is 4.90 Å². The second kappa shape index (κ2) is 4.10. The Morgan fingerprint density at radius 2 is 1.76 bits per heavy atom. The molecule has 2 bridgehead atoms. The Kier molecular flexibility index (Phi) is 2.43. The van der Waals surface area contributed by atoms with Gasteiger partial charge in [-0.3, -0.25) is 9.59 Å². The number of carbonyl (C=O) groups excluding carboxylic acids is 2. The van der Waals surface area contributed by atoms with E-state index in [1.807, 2.05) is 0 Å². The van der Waals surface area contributed by atoms with Crippen molar-refractivity contribution in [2.24, 2.45) is 23.7 Å². The topological polar surface area (TPSA) is 72.6 Å². The fraction of sp³-hybridized carbons (Fsp3) is 0.375. The van der Waals surface area contributed by atoms with Crippen molar-refractivity contribution in [2.45, 2.75) is 6.42 Å². The Bertz CT molecular complexity index is 652. The molecule has 4 rings (SSSR count). The van der Waals surface area contributed by atoms with Gasteiger partial charge in [0.15, 0.2) is 0 Å². The van der Waals surface area contributed by atoms with Crippen molar-refractivity contribution in [3.8, 4) is 5.75 Å². The van der Waals surface area contributed by atoms with E-state index in [4.69, 9.17) is 10.5 Å². The molecule has 5 nitrogen and oxygen atoms in total. The number of anilines is 2. The van der Waals surface area contributed by atoms with Crippen LogP contribution in [0, 0.1) is 23.7 Å². The number of imide groups is 1. The minimum atomic E-state index is -0.210. The second-order valence-electron chi connectivity index (χ2n) is 5.94. The quantitative estimate of drug-likeness (QED) is 0.508. The van der Waals surface area contributed by atoms with E-state index in [2.05, 4.69) is 12.2 Å². The zero-order chi connectivity index (χ0) is 14.7. The molecule has 2 aliphatic carbocycles. The first-order valence-corrected chi connectivity index (χ1v) is 7.11. The molecule has 108 valence electrons. The molecule has 21 heavy (non-hydrogen) atoms. The van der Waals surface area contributed by atoms with Crippen LogP contribution < -0.4 is 15.4 Å². The Balaban J connectivity index is 1.78. The molecule has 0 aromatic heterocycles. The number of nitrogen functional groups attached to an aromatic ring is 1. The van der Waals surface area contributed by atoms with Crippen molar-refractivity contribution in [2.75, 3.05) is 17.7 Å². The molecule has 2 N–H and O–H groups in total. The summed E-state index contributed by atoms with van der Waals surface area (Å²) in [6.45, 7) is 0. The monoisotopic (exact) mass is 284 g/mol. The van der Waals surface area contributed by atoms with Crippen molar-refractivity contribution < 1.29 is 14.3 Å². The summed E-state index contributed by atoms with van der Waals surface area (Å²) in [6, 6.07) is 5.03. The summed E-state index contributed by atoms with van der Waals surface area (Å²) in [4.78, 5) is 26.7. The lowest BCUT2D eigenvalue weighted by Gasteiger charge is -2.19. The summed E-state index contributed by atoms with van der Waals surface area (Å²) < 4.78 is 5.17. The number of allylic oxidation sites excluding steroid dienone is 2. The van der Waals surface area contributed by atoms with Gasteiger partial charge in [-0.2, -0.15) is 0 Å². The number of benzene rings is 1. The van der Waals surface area contributed by atoms with Crippen LogP contribution in [0.2, 0.25) is 0 Å². The van der Waals surface area contributed by atoms with Gasteiger partial charge in [0.1, 0.15) is 5.75 Å². The summed E-state index contributed by atoms with van der Waals surface area (Å²) in [5.41, 5.74) is 6.82. The van der Waals surface area contributed by atoms with Crippen LogP contribution in [-0.4, -0.2) is 18.9 Å². The SMILES string of the molecule is COc1ccc(N)c(N2C(=O)C3C4C=CC(C4)C3C2=O)c1. The van der Waals surface area contributed by atoms with Crippen molar-refractivity contribution in [3.63, 3.8) is 0 Å². The van der Waals surface area contributed by atoms with Gasteiger partial charge in [-0.15, -0.1) is 0 Å². The molecular formula is C16H16N2O3. The van der Waals surface area contributed by atoms with Crippen LogP contribution in [-0.2, 0) is 9.59 Å². The number of hydrogen-bond donors (Lipinski definition) is 1. The van der Waals surface area contributed by atoms with Crippen LogP contribution in [0.25, 0.3) is 0 Å². The number of nitrogens with two attached hydrogens (primary N) is 1. The summed E-state index contributed by atoms with van der Waals surface area (Å²) in [6.07, 6.45) is 5.08. The van der Waals surface area contributed by atoms with E-state index in [9.17, 15) is 9.59 Å². The number of methoxy groups -OCH3 is 1. The van der Waals surface area contributed by atoms with Crippen LogP contribution in [0.5, 0.6) is 5.75 Å². The van der Waals surface area contributed by atoms with E-state index < -0.39 is 0 Å². The minimum Gasteiger partial charge on any atom is -0.497 e. The number of rotatable bonds is 2. The molecule has 1 saturated heterocycles. The van der Waals surface area contributed by atoms with Crippen LogP contribution in [0.3, 0.4) is 0 Å². The number of hydrogen-bond acceptors (Lipinski definition) is 4. The van der Waals surface area contributed by atoms with Crippen LogP contribution >= 0.6 is 0 Å². The molecule has 1 heterocycles. The van der Waals surface area contributed by atoms with Crippen LogP contribution in [0.15, 0.2) is 30.4 Å². The molecule has 5 heteroatoms. The van der Waals surface area contributed by atoms with Gasteiger partial charge < -0.3 is 10.5 Å². The van der Waals surface area contributed by atoms with Crippen molar-refractivity contribution in [3.05, 3.63) is 30.4 Å². The van der Waals surface area contributed by atoms with E-state index in [1.165, 1.54) is 4.90 Å².